The molecule has 12 heteroatoms. The van der Waals surface area contributed by atoms with Crippen LogP contribution in [0.25, 0.3) is 0 Å². The van der Waals surface area contributed by atoms with Gasteiger partial charge in [-0.15, -0.1) is 0 Å². The molecule has 0 bridgehead atoms. The minimum atomic E-state index is -4.60. The van der Waals surface area contributed by atoms with E-state index >= 15 is 0 Å². The highest BCUT2D eigenvalue weighted by Crippen LogP contribution is 2.54. The van der Waals surface area contributed by atoms with Gasteiger partial charge in [-0.3, -0.25) is 23.5 Å². The maximum absolute atomic E-state index is 11.4. The van der Waals surface area contributed by atoms with Crippen LogP contribution in [0.3, 0.4) is 0 Å². The quantitative estimate of drug-likeness (QED) is 0.371. The van der Waals surface area contributed by atoms with Crippen LogP contribution in [0.2, 0.25) is 0 Å². The number of H-pyrrole nitrogens is 1. The zero-order chi connectivity index (χ0) is 16.3. The molecule has 0 aliphatic heterocycles. The van der Waals surface area contributed by atoms with Crippen molar-refractivity contribution in [2.45, 2.75) is 13.5 Å². The molecule has 10 nitrogen and oxygen atoms in total. The summed E-state index contributed by atoms with van der Waals surface area (Å²) in [6.45, 7) is 1.40. The second-order valence-corrected chi connectivity index (χ2v) is 8.87. The number of rotatable bonds is 7. The topological polar surface area (TPSA) is 159 Å². The Hall–Kier alpha value is -1.02. The summed E-state index contributed by atoms with van der Waals surface area (Å²) >= 11 is 0. The molecule has 1 aromatic heterocycles. The molecular formula is C9H16N2O8P2. The largest absolute Gasteiger partial charge is 0.369 e. The summed E-state index contributed by atoms with van der Waals surface area (Å²) in [6.07, 6.45) is 0.591. The molecule has 0 radical (unpaired) electrons. The van der Waals surface area contributed by atoms with Crippen LogP contribution in [0.4, 0.5) is 0 Å². The molecule has 0 aliphatic carbocycles. The molecule has 1 unspecified atom stereocenters. The molecule has 0 aliphatic rings. The maximum Gasteiger partial charge on any atom is 0.335 e. The second kappa shape index (κ2) is 6.83. The van der Waals surface area contributed by atoms with E-state index in [0.717, 1.165) is 4.57 Å². The van der Waals surface area contributed by atoms with Gasteiger partial charge in [0.1, 0.15) is 12.3 Å². The van der Waals surface area contributed by atoms with Gasteiger partial charge in [0.25, 0.3) is 5.56 Å². The first-order chi connectivity index (χ1) is 9.50. The van der Waals surface area contributed by atoms with E-state index in [1.54, 1.807) is 0 Å². The molecule has 4 N–H and O–H groups in total. The lowest BCUT2D eigenvalue weighted by molar-refractivity contribution is 0.158. The molecular weight excluding hydrogens is 326 g/mol. The molecule has 0 saturated carbocycles. The lowest BCUT2D eigenvalue weighted by Gasteiger charge is -2.13. The fourth-order valence-corrected chi connectivity index (χ4v) is 4.53. The van der Waals surface area contributed by atoms with Crippen molar-refractivity contribution in [2.75, 3.05) is 18.9 Å². The van der Waals surface area contributed by atoms with Crippen LogP contribution in [-0.4, -0.2) is 43.1 Å². The van der Waals surface area contributed by atoms with Crippen molar-refractivity contribution < 1.29 is 28.5 Å². The van der Waals surface area contributed by atoms with Gasteiger partial charge >= 0.3 is 13.3 Å². The van der Waals surface area contributed by atoms with Gasteiger partial charge in [0.2, 0.25) is 7.37 Å². The van der Waals surface area contributed by atoms with Gasteiger partial charge in [-0.2, -0.15) is 0 Å². The molecule has 1 aromatic rings. The molecule has 0 saturated heterocycles. The number of hydrogen-bond donors (Lipinski definition) is 4. The number of hydrogen-bond acceptors (Lipinski definition) is 5. The molecule has 1 heterocycles. The first-order valence-corrected chi connectivity index (χ1v) is 9.56. The van der Waals surface area contributed by atoms with E-state index in [9.17, 15) is 23.6 Å². The molecule has 120 valence electrons. The van der Waals surface area contributed by atoms with Crippen molar-refractivity contribution >= 4 is 15.0 Å². The Labute approximate surface area is 119 Å². The van der Waals surface area contributed by atoms with Crippen molar-refractivity contribution in [3.8, 4) is 0 Å². The summed E-state index contributed by atoms with van der Waals surface area (Å²) in [6, 6.07) is 0. The second-order valence-electron chi connectivity index (χ2n) is 4.45. The van der Waals surface area contributed by atoms with Crippen molar-refractivity contribution in [2.24, 2.45) is 0 Å². The SMILES string of the molecule is Cc1cn(CCOCP(=O)(O)CP(=O)(O)O)c(=O)[nH]c1=O. The van der Waals surface area contributed by atoms with Crippen LogP contribution in [0.15, 0.2) is 15.8 Å². The first kappa shape index (κ1) is 18.0. The Morgan fingerprint density at radius 3 is 2.48 bits per heavy atom. The third-order valence-electron chi connectivity index (χ3n) is 2.36. The van der Waals surface area contributed by atoms with E-state index in [0.29, 0.717) is 5.56 Å². The summed E-state index contributed by atoms with van der Waals surface area (Å²) in [5, 5.41) is 0. The predicted molar refractivity (Wildman–Crippen MR) is 73.6 cm³/mol. The monoisotopic (exact) mass is 342 g/mol. The van der Waals surface area contributed by atoms with Gasteiger partial charge in [0, 0.05) is 11.8 Å². The minimum Gasteiger partial charge on any atom is -0.369 e. The van der Waals surface area contributed by atoms with E-state index in [-0.39, 0.29) is 13.2 Å². The standard InChI is InChI=1S/C9H16N2O8P2/c1-7-4-11(9(13)10-8(7)12)2-3-19-5-20(14,15)6-21(16,17)18/h4H,2-3,5-6H2,1H3,(H,14,15)(H,10,12,13)(H2,16,17,18). The lowest BCUT2D eigenvalue weighted by Crippen LogP contribution is -2.31. The van der Waals surface area contributed by atoms with Gasteiger partial charge in [-0.25, -0.2) is 4.79 Å². The van der Waals surface area contributed by atoms with Gasteiger partial charge in [-0.05, 0) is 6.92 Å². The number of nitrogens with zero attached hydrogens (tertiary/aromatic N) is 1. The highest BCUT2D eigenvalue weighted by molar-refractivity contribution is 7.72. The fourth-order valence-electron chi connectivity index (χ4n) is 1.48. The first-order valence-electron chi connectivity index (χ1n) is 5.74. The van der Waals surface area contributed by atoms with Crippen molar-refractivity contribution in [1.82, 2.24) is 9.55 Å². The van der Waals surface area contributed by atoms with Gasteiger partial charge in [-0.1, -0.05) is 0 Å². The van der Waals surface area contributed by atoms with Crippen LogP contribution >= 0.6 is 15.0 Å². The van der Waals surface area contributed by atoms with Gasteiger partial charge in [0.15, 0.2) is 0 Å². The summed E-state index contributed by atoms with van der Waals surface area (Å²) < 4.78 is 28.1. The summed E-state index contributed by atoms with van der Waals surface area (Å²) in [7, 11) is -8.70. The Kier molecular flexibility index (Phi) is 5.86. The Morgan fingerprint density at radius 1 is 1.29 bits per heavy atom. The average Bonchev–Trinajstić information content (AvgIpc) is 2.27. The maximum atomic E-state index is 11.4. The predicted octanol–water partition coefficient (Wildman–Crippen LogP) is -0.775. The minimum absolute atomic E-state index is 0.0202. The highest BCUT2D eigenvalue weighted by Gasteiger charge is 2.29. The van der Waals surface area contributed by atoms with E-state index < -0.39 is 38.5 Å². The molecule has 21 heavy (non-hydrogen) atoms. The fraction of sp³-hybridized carbons (Fsp3) is 0.556. The number of aromatic amines is 1. The number of aryl methyl sites for hydroxylation is 1. The molecule has 0 spiro atoms. The Bertz CT molecular complexity index is 702. The van der Waals surface area contributed by atoms with Crippen LogP contribution in [0.1, 0.15) is 5.56 Å². The van der Waals surface area contributed by atoms with Crippen LogP contribution in [0.5, 0.6) is 0 Å². The number of ether oxygens (including phenoxy) is 1. The molecule has 0 amide bonds. The van der Waals surface area contributed by atoms with E-state index in [1.165, 1.54) is 13.1 Å². The van der Waals surface area contributed by atoms with Gasteiger partial charge in [0.05, 0.1) is 13.2 Å². The zero-order valence-corrected chi connectivity index (χ0v) is 12.9. The van der Waals surface area contributed by atoms with Crippen LogP contribution in [-0.2, 0) is 20.4 Å². The normalized spacial score (nSPS) is 14.9. The number of aromatic nitrogens is 2. The average molecular weight is 342 g/mol. The molecule has 1 rings (SSSR count). The molecule has 0 aromatic carbocycles. The van der Waals surface area contributed by atoms with E-state index in [1.807, 2.05) is 0 Å². The molecule has 0 fully saturated rings. The van der Waals surface area contributed by atoms with Crippen LogP contribution in [0, 0.1) is 6.92 Å². The van der Waals surface area contributed by atoms with E-state index in [2.05, 4.69) is 4.98 Å². The highest BCUT2D eigenvalue weighted by atomic mass is 31.2. The number of nitrogens with one attached hydrogen (secondary N) is 1. The Balaban J connectivity index is 2.54. The third-order valence-corrected chi connectivity index (χ3v) is 6.19. The summed E-state index contributed by atoms with van der Waals surface area (Å²) in [5.41, 5.74) is -0.820. The lowest BCUT2D eigenvalue weighted by atomic mass is 10.4. The zero-order valence-electron chi connectivity index (χ0n) is 11.1. The Morgan fingerprint density at radius 2 is 1.90 bits per heavy atom. The van der Waals surface area contributed by atoms with Crippen molar-refractivity contribution in [1.29, 1.82) is 0 Å². The van der Waals surface area contributed by atoms with Crippen LogP contribution < -0.4 is 11.2 Å². The van der Waals surface area contributed by atoms with Crippen molar-refractivity contribution in [3.05, 3.63) is 32.6 Å². The van der Waals surface area contributed by atoms with E-state index in [4.69, 9.17) is 14.5 Å². The summed E-state index contributed by atoms with van der Waals surface area (Å²) in [4.78, 5) is 51.2. The third kappa shape index (κ3) is 6.52. The summed E-state index contributed by atoms with van der Waals surface area (Å²) in [5.74, 6) is -1.16. The smallest absolute Gasteiger partial charge is 0.335 e. The van der Waals surface area contributed by atoms with Gasteiger partial charge < -0.3 is 19.4 Å². The molecule has 1 atom stereocenters. The van der Waals surface area contributed by atoms with Crippen molar-refractivity contribution in [3.63, 3.8) is 0 Å².